The summed E-state index contributed by atoms with van der Waals surface area (Å²) in [6.07, 6.45) is 9.80. The summed E-state index contributed by atoms with van der Waals surface area (Å²) >= 11 is 0. The van der Waals surface area contributed by atoms with Gasteiger partial charge in [0.25, 0.3) is 0 Å². The molecular formula is C30H30N12O. The Morgan fingerprint density at radius 3 is 2.60 bits per heavy atom. The van der Waals surface area contributed by atoms with Crippen molar-refractivity contribution in [3.8, 4) is 28.7 Å². The molecule has 3 N–H and O–H groups in total. The highest BCUT2D eigenvalue weighted by atomic mass is 16.2. The molecule has 13 heteroatoms. The minimum absolute atomic E-state index is 0.0743. The number of rotatable bonds is 8. The lowest BCUT2D eigenvalue weighted by Crippen LogP contribution is -2.49. The zero-order valence-corrected chi connectivity index (χ0v) is 23.6. The number of H-pyrrole nitrogens is 1. The number of anilines is 2. The third kappa shape index (κ3) is 6.33. The van der Waals surface area contributed by atoms with Crippen molar-refractivity contribution in [1.82, 2.24) is 45.5 Å². The first-order valence-electron chi connectivity index (χ1n) is 14.0. The molecule has 0 saturated heterocycles. The molecule has 0 aliphatic heterocycles. The Morgan fingerprint density at radius 2 is 1.93 bits per heavy atom. The number of carbonyl (C=O) groups excluding carboxylic acids is 1. The van der Waals surface area contributed by atoms with Gasteiger partial charge < -0.3 is 10.6 Å². The number of nitriles is 1. The molecular weight excluding hydrogens is 544 g/mol. The number of aromatic amines is 1. The molecule has 4 aromatic heterocycles. The summed E-state index contributed by atoms with van der Waals surface area (Å²) in [5.74, 6) is 0.940. The van der Waals surface area contributed by atoms with Gasteiger partial charge in [-0.05, 0) is 49.4 Å². The standard InChI is InChI=1S/C30H30N12O/c1-41-19-22(18-35-41)25-11-12-27(40-39-25)42(30(43)33-16-20-5-3-2-4-6-20)24-9-7-23(8-10-24)36-29-32-17-21(15-31)28(37-29)26-13-14-34-38-26/h2-6,11-14,17-19,23-24H,7-10,16H2,1H3,(H,33,43)(H,34,38)(H,32,36,37)/t23-,24-. The van der Waals surface area contributed by atoms with Crippen LogP contribution in [0.5, 0.6) is 0 Å². The maximum Gasteiger partial charge on any atom is 0.323 e. The molecule has 0 spiro atoms. The number of nitrogens with zero attached hydrogens (tertiary/aromatic N) is 9. The second kappa shape index (κ2) is 12.5. The van der Waals surface area contributed by atoms with E-state index in [2.05, 4.69) is 52.2 Å². The summed E-state index contributed by atoms with van der Waals surface area (Å²) in [4.78, 5) is 24.3. The Morgan fingerprint density at radius 1 is 1.09 bits per heavy atom. The molecule has 13 nitrogen and oxygen atoms in total. The molecule has 4 heterocycles. The van der Waals surface area contributed by atoms with E-state index in [1.54, 1.807) is 28.0 Å². The first-order chi connectivity index (χ1) is 21.1. The molecule has 1 aromatic carbocycles. The van der Waals surface area contributed by atoms with E-state index < -0.39 is 0 Å². The zero-order valence-electron chi connectivity index (χ0n) is 23.6. The van der Waals surface area contributed by atoms with Gasteiger partial charge in [0.2, 0.25) is 5.95 Å². The maximum absolute atomic E-state index is 13.6. The van der Waals surface area contributed by atoms with E-state index in [1.807, 2.05) is 55.7 Å². The van der Waals surface area contributed by atoms with Crippen molar-refractivity contribution in [2.24, 2.45) is 7.05 Å². The largest absolute Gasteiger partial charge is 0.351 e. The Hall–Kier alpha value is -5.64. The van der Waals surface area contributed by atoms with E-state index in [0.717, 1.165) is 36.8 Å². The van der Waals surface area contributed by atoms with Crippen LogP contribution in [0.1, 0.15) is 36.8 Å². The van der Waals surface area contributed by atoms with Crippen molar-refractivity contribution < 1.29 is 4.79 Å². The number of aromatic nitrogens is 8. The number of nitrogens with one attached hydrogen (secondary N) is 3. The number of urea groups is 1. The van der Waals surface area contributed by atoms with E-state index in [-0.39, 0.29) is 18.1 Å². The molecule has 1 aliphatic carbocycles. The highest BCUT2D eigenvalue weighted by Gasteiger charge is 2.31. The number of aryl methyl sites for hydroxylation is 1. The lowest BCUT2D eigenvalue weighted by atomic mass is 9.90. The predicted octanol–water partition coefficient (Wildman–Crippen LogP) is 4.07. The van der Waals surface area contributed by atoms with Crippen molar-refractivity contribution in [3.05, 3.63) is 84.4 Å². The second-order valence-electron chi connectivity index (χ2n) is 10.4. The molecule has 2 amide bonds. The first kappa shape index (κ1) is 27.5. The van der Waals surface area contributed by atoms with Gasteiger partial charge in [0.15, 0.2) is 5.82 Å². The molecule has 0 radical (unpaired) electrons. The summed E-state index contributed by atoms with van der Waals surface area (Å²) in [5, 5.41) is 35.9. The van der Waals surface area contributed by atoms with Crippen molar-refractivity contribution in [2.45, 2.75) is 44.3 Å². The normalized spacial score (nSPS) is 16.3. The Bertz CT molecular complexity index is 1700. The monoisotopic (exact) mass is 574 g/mol. The van der Waals surface area contributed by atoms with Gasteiger partial charge in [-0.3, -0.25) is 14.7 Å². The molecule has 1 fully saturated rings. The van der Waals surface area contributed by atoms with Crippen LogP contribution in [0, 0.1) is 11.3 Å². The minimum Gasteiger partial charge on any atom is -0.351 e. The summed E-state index contributed by atoms with van der Waals surface area (Å²) in [5.41, 5.74) is 4.07. The lowest BCUT2D eigenvalue weighted by Gasteiger charge is -2.36. The molecule has 1 saturated carbocycles. The fraction of sp³-hybridized carbons (Fsp3) is 0.267. The summed E-state index contributed by atoms with van der Waals surface area (Å²) in [6.45, 7) is 0.406. The number of benzene rings is 1. The smallest absolute Gasteiger partial charge is 0.323 e. The molecule has 43 heavy (non-hydrogen) atoms. The predicted molar refractivity (Wildman–Crippen MR) is 159 cm³/mol. The van der Waals surface area contributed by atoms with E-state index in [0.29, 0.717) is 41.0 Å². The van der Waals surface area contributed by atoms with E-state index in [1.165, 1.54) is 6.20 Å². The van der Waals surface area contributed by atoms with Crippen LogP contribution in [0.3, 0.4) is 0 Å². The fourth-order valence-corrected chi connectivity index (χ4v) is 5.26. The molecule has 5 aromatic rings. The quantitative estimate of drug-likeness (QED) is 0.248. The van der Waals surface area contributed by atoms with Crippen molar-refractivity contribution in [1.29, 1.82) is 5.26 Å². The van der Waals surface area contributed by atoms with Gasteiger partial charge in [0.1, 0.15) is 11.8 Å². The number of hydrogen-bond acceptors (Lipinski definition) is 9. The highest BCUT2D eigenvalue weighted by Crippen LogP contribution is 2.29. The fourth-order valence-electron chi connectivity index (χ4n) is 5.26. The molecule has 1 aliphatic rings. The Kier molecular flexibility index (Phi) is 7.99. The van der Waals surface area contributed by atoms with Gasteiger partial charge in [-0.1, -0.05) is 30.3 Å². The van der Waals surface area contributed by atoms with E-state index in [4.69, 9.17) is 0 Å². The van der Waals surface area contributed by atoms with Crippen LogP contribution < -0.4 is 15.5 Å². The van der Waals surface area contributed by atoms with Crippen LogP contribution >= 0.6 is 0 Å². The van der Waals surface area contributed by atoms with Gasteiger partial charge in [-0.25, -0.2) is 14.8 Å². The number of carbonyl (C=O) groups is 1. The topological polar surface area (TPSA) is 166 Å². The average molecular weight is 575 g/mol. The third-order valence-electron chi connectivity index (χ3n) is 7.46. The molecule has 0 unspecified atom stereocenters. The summed E-state index contributed by atoms with van der Waals surface area (Å²) in [6, 6.07) is 17.2. The van der Waals surface area contributed by atoms with E-state index >= 15 is 0 Å². The minimum atomic E-state index is -0.219. The van der Waals surface area contributed by atoms with Crippen LogP contribution in [0.25, 0.3) is 22.6 Å². The van der Waals surface area contributed by atoms with Crippen LogP contribution in [0.2, 0.25) is 0 Å². The third-order valence-corrected chi connectivity index (χ3v) is 7.46. The van der Waals surface area contributed by atoms with Gasteiger partial charge in [-0.15, -0.1) is 10.2 Å². The zero-order chi connectivity index (χ0) is 29.6. The van der Waals surface area contributed by atoms with Crippen molar-refractivity contribution >= 4 is 17.8 Å². The average Bonchev–Trinajstić information content (AvgIpc) is 3.74. The SMILES string of the molecule is Cn1cc(-c2ccc(N(C(=O)NCc3ccccc3)[C@H]3CC[C@H](Nc4ncc(C#N)c(-c5ccn[nH]5)n4)CC3)nn2)cn1. The summed E-state index contributed by atoms with van der Waals surface area (Å²) in [7, 11) is 1.85. The lowest BCUT2D eigenvalue weighted by molar-refractivity contribution is 0.240. The highest BCUT2D eigenvalue weighted by molar-refractivity contribution is 5.91. The number of amides is 2. The molecule has 216 valence electrons. The van der Waals surface area contributed by atoms with Gasteiger partial charge >= 0.3 is 6.03 Å². The maximum atomic E-state index is 13.6. The van der Waals surface area contributed by atoms with Crippen molar-refractivity contribution in [3.63, 3.8) is 0 Å². The Labute approximate surface area is 248 Å². The first-order valence-corrected chi connectivity index (χ1v) is 14.0. The Balaban J connectivity index is 1.16. The van der Waals surface area contributed by atoms with Crippen LogP contribution in [-0.2, 0) is 13.6 Å². The molecule has 0 atom stereocenters. The molecule has 6 rings (SSSR count). The van der Waals surface area contributed by atoms with Gasteiger partial charge in [0, 0.05) is 43.6 Å². The summed E-state index contributed by atoms with van der Waals surface area (Å²) < 4.78 is 1.71. The van der Waals surface area contributed by atoms with Crippen molar-refractivity contribution in [2.75, 3.05) is 10.2 Å². The number of hydrogen-bond donors (Lipinski definition) is 3. The van der Waals surface area contributed by atoms with Crippen LogP contribution in [0.15, 0.2) is 73.3 Å². The van der Waals surface area contributed by atoms with Gasteiger partial charge in [-0.2, -0.15) is 15.5 Å². The van der Waals surface area contributed by atoms with Crippen LogP contribution in [0.4, 0.5) is 16.6 Å². The second-order valence-corrected chi connectivity index (χ2v) is 10.4. The molecule has 0 bridgehead atoms. The van der Waals surface area contributed by atoms with E-state index in [9.17, 15) is 10.1 Å². The van der Waals surface area contributed by atoms with Gasteiger partial charge in [0.05, 0.1) is 29.3 Å². The van der Waals surface area contributed by atoms with Crippen LogP contribution in [-0.4, -0.2) is 58.3 Å².